The molecule has 3 saturated heterocycles. The minimum Gasteiger partial charge on any atom is -0.379 e. The standard InChI is InChI=1S/C34H44N8O3/c1-3-9-26-25(7-1)22-36-33(26)45-34-31(40-16-13-23-6-2-4-10-28(23)40)30(27-12-11-24-8-5-15-35-32(24)37-27)42(39-17-20-43-21-18-39)41(34)29-14-19-44-38-29/h5,8,11-12,14-15,19,23,25-26,28,33-34,36H,1-4,6-7,9-10,13,16-18,20-22H2. The number of rotatable bonds is 6. The largest absolute Gasteiger partial charge is 0.379 e. The number of hydrogen-bond acceptors (Lipinski definition) is 11. The van der Waals surface area contributed by atoms with E-state index in [-0.39, 0.29) is 6.23 Å². The third-order valence-electron chi connectivity index (χ3n) is 11.3. The second-order valence-corrected chi connectivity index (χ2v) is 13.7. The number of likely N-dealkylation sites (tertiary alicyclic amines) is 1. The first-order valence-electron chi connectivity index (χ1n) is 17.3. The Hall–Kier alpha value is -3.25. The van der Waals surface area contributed by atoms with Gasteiger partial charge < -0.3 is 18.9 Å². The van der Waals surface area contributed by atoms with Gasteiger partial charge in [-0.25, -0.2) is 20.1 Å². The van der Waals surface area contributed by atoms with Crippen LogP contribution in [-0.2, 0) is 9.47 Å². The number of nitrogens with zero attached hydrogens (tertiary/aromatic N) is 7. The highest BCUT2D eigenvalue weighted by atomic mass is 16.5. The monoisotopic (exact) mass is 612 g/mol. The Morgan fingerprint density at radius 2 is 1.76 bits per heavy atom. The number of aromatic nitrogens is 3. The van der Waals surface area contributed by atoms with Crippen molar-refractivity contribution >= 4 is 22.5 Å². The fraction of sp³-hybridized carbons (Fsp3) is 0.618. The molecule has 238 valence electrons. The van der Waals surface area contributed by atoms with Gasteiger partial charge in [-0.05, 0) is 68.2 Å². The predicted molar refractivity (Wildman–Crippen MR) is 169 cm³/mol. The number of anilines is 1. The summed E-state index contributed by atoms with van der Waals surface area (Å²) in [5, 5.41) is 16.3. The van der Waals surface area contributed by atoms with Gasteiger partial charge >= 0.3 is 0 Å². The van der Waals surface area contributed by atoms with Crippen molar-refractivity contribution in [2.75, 3.05) is 44.4 Å². The lowest BCUT2D eigenvalue weighted by molar-refractivity contribution is -0.0984. The lowest BCUT2D eigenvalue weighted by Gasteiger charge is -2.43. The van der Waals surface area contributed by atoms with E-state index in [0.29, 0.717) is 37.0 Å². The molecule has 11 heteroatoms. The number of fused-ring (bicyclic) bond motifs is 3. The molecule has 3 aromatic heterocycles. The summed E-state index contributed by atoms with van der Waals surface area (Å²) in [7, 11) is 0. The van der Waals surface area contributed by atoms with Crippen molar-refractivity contribution in [3.8, 4) is 0 Å². The molecule has 6 aliphatic rings. The van der Waals surface area contributed by atoms with Gasteiger partial charge in [0.05, 0.1) is 24.6 Å². The molecule has 2 aliphatic carbocycles. The molecule has 11 nitrogen and oxygen atoms in total. The third-order valence-corrected chi connectivity index (χ3v) is 11.3. The van der Waals surface area contributed by atoms with Crippen molar-refractivity contribution in [2.24, 2.45) is 17.8 Å². The number of hydrogen-bond donors (Lipinski definition) is 1. The quantitative estimate of drug-likeness (QED) is 0.423. The second-order valence-electron chi connectivity index (χ2n) is 13.7. The minimum atomic E-state index is -0.395. The SMILES string of the molecule is c1cnc2nc(C3=C(N4CCC5CCCCC54)C(OC4NCC5CCCCC54)N(c4ccon4)N3N3CCOCC3)ccc2c1. The Balaban J connectivity index is 1.24. The highest BCUT2D eigenvalue weighted by molar-refractivity contribution is 5.79. The normalized spacial score (nSPS) is 32.5. The summed E-state index contributed by atoms with van der Waals surface area (Å²) < 4.78 is 18.8. The van der Waals surface area contributed by atoms with Gasteiger partial charge in [0, 0.05) is 55.8 Å². The molecule has 2 saturated carbocycles. The van der Waals surface area contributed by atoms with Crippen molar-refractivity contribution in [3.63, 3.8) is 0 Å². The van der Waals surface area contributed by atoms with E-state index in [1.165, 1.54) is 63.5 Å². The van der Waals surface area contributed by atoms with E-state index in [0.717, 1.165) is 54.4 Å². The summed E-state index contributed by atoms with van der Waals surface area (Å²) in [6.45, 7) is 4.87. The average Bonchev–Trinajstić information content (AvgIpc) is 3.91. The molecular formula is C34H44N8O3. The van der Waals surface area contributed by atoms with Crippen LogP contribution in [0.25, 0.3) is 16.7 Å². The van der Waals surface area contributed by atoms with Gasteiger partial charge in [-0.15, -0.1) is 0 Å². The zero-order valence-corrected chi connectivity index (χ0v) is 26.0. The predicted octanol–water partition coefficient (Wildman–Crippen LogP) is 4.61. The maximum Gasteiger partial charge on any atom is 0.196 e. The van der Waals surface area contributed by atoms with Gasteiger partial charge in [0.15, 0.2) is 17.7 Å². The molecule has 6 atom stereocenters. The highest BCUT2D eigenvalue weighted by Crippen LogP contribution is 2.48. The molecule has 0 bridgehead atoms. The van der Waals surface area contributed by atoms with Gasteiger partial charge in [0.1, 0.15) is 18.2 Å². The van der Waals surface area contributed by atoms with Crippen LogP contribution in [0.1, 0.15) is 63.5 Å². The van der Waals surface area contributed by atoms with Gasteiger partial charge in [-0.3, -0.25) is 5.32 Å². The lowest BCUT2D eigenvalue weighted by atomic mass is 9.81. The molecule has 0 spiro atoms. The molecule has 7 heterocycles. The van der Waals surface area contributed by atoms with Crippen LogP contribution in [0.3, 0.4) is 0 Å². The Bertz CT molecular complexity index is 1530. The van der Waals surface area contributed by atoms with E-state index in [2.05, 4.69) is 53.7 Å². The average molecular weight is 613 g/mol. The highest BCUT2D eigenvalue weighted by Gasteiger charge is 2.52. The van der Waals surface area contributed by atoms with Crippen molar-refractivity contribution in [1.82, 2.24) is 35.5 Å². The fourth-order valence-corrected chi connectivity index (χ4v) is 9.12. The molecule has 1 N–H and O–H groups in total. The van der Waals surface area contributed by atoms with Crippen LogP contribution in [0.4, 0.5) is 5.82 Å². The first kappa shape index (κ1) is 28.0. The van der Waals surface area contributed by atoms with Gasteiger partial charge in [-0.1, -0.05) is 30.8 Å². The van der Waals surface area contributed by atoms with Crippen molar-refractivity contribution in [3.05, 3.63) is 54.2 Å². The van der Waals surface area contributed by atoms with E-state index >= 15 is 0 Å². The fourth-order valence-electron chi connectivity index (χ4n) is 9.12. The maximum absolute atomic E-state index is 7.43. The summed E-state index contributed by atoms with van der Waals surface area (Å²) in [6, 6.07) is 10.8. The van der Waals surface area contributed by atoms with Crippen LogP contribution in [0, 0.1) is 17.8 Å². The van der Waals surface area contributed by atoms with Gasteiger partial charge in [-0.2, -0.15) is 5.01 Å². The third kappa shape index (κ3) is 4.90. The molecule has 5 fully saturated rings. The summed E-state index contributed by atoms with van der Waals surface area (Å²) in [5.74, 6) is 2.64. The minimum absolute atomic E-state index is 0.0217. The van der Waals surface area contributed by atoms with Crippen LogP contribution in [0.15, 0.2) is 53.0 Å². The van der Waals surface area contributed by atoms with E-state index < -0.39 is 6.23 Å². The maximum atomic E-state index is 7.43. The zero-order valence-electron chi connectivity index (χ0n) is 26.0. The molecule has 6 unspecified atom stereocenters. The van der Waals surface area contributed by atoms with Crippen molar-refractivity contribution < 1.29 is 14.0 Å². The summed E-state index contributed by atoms with van der Waals surface area (Å²) in [6.07, 6.45) is 14.5. The number of nitrogens with one attached hydrogen (secondary N) is 1. The Morgan fingerprint density at radius 3 is 2.64 bits per heavy atom. The van der Waals surface area contributed by atoms with Gasteiger partial charge in [0.25, 0.3) is 0 Å². The van der Waals surface area contributed by atoms with E-state index in [4.69, 9.17) is 19.0 Å². The lowest BCUT2D eigenvalue weighted by Crippen LogP contribution is -2.57. The van der Waals surface area contributed by atoms with Crippen LogP contribution in [0.2, 0.25) is 0 Å². The van der Waals surface area contributed by atoms with Crippen LogP contribution in [0.5, 0.6) is 0 Å². The van der Waals surface area contributed by atoms with Crippen LogP contribution >= 0.6 is 0 Å². The number of ether oxygens (including phenoxy) is 2. The van der Waals surface area contributed by atoms with E-state index in [1.54, 1.807) is 6.26 Å². The first-order chi connectivity index (χ1) is 22.3. The molecule has 0 radical (unpaired) electrons. The molecular weight excluding hydrogens is 568 g/mol. The van der Waals surface area contributed by atoms with Crippen LogP contribution < -0.4 is 10.3 Å². The number of morpholine rings is 1. The molecule has 4 aliphatic heterocycles. The smallest absolute Gasteiger partial charge is 0.196 e. The molecule has 45 heavy (non-hydrogen) atoms. The van der Waals surface area contributed by atoms with Gasteiger partial charge in [0.2, 0.25) is 0 Å². The molecule has 3 aromatic rings. The van der Waals surface area contributed by atoms with E-state index in [9.17, 15) is 0 Å². The summed E-state index contributed by atoms with van der Waals surface area (Å²) >= 11 is 0. The Labute approximate surface area is 264 Å². The van der Waals surface area contributed by atoms with Crippen LogP contribution in [-0.4, -0.2) is 88.0 Å². The number of hydrazine groups is 2. The molecule has 0 amide bonds. The zero-order chi connectivity index (χ0) is 29.7. The second kappa shape index (κ2) is 11.8. The summed E-state index contributed by atoms with van der Waals surface area (Å²) in [4.78, 5) is 12.6. The molecule has 9 rings (SSSR count). The number of pyridine rings is 2. The Morgan fingerprint density at radius 1 is 0.889 bits per heavy atom. The first-order valence-corrected chi connectivity index (χ1v) is 17.3. The van der Waals surface area contributed by atoms with E-state index in [1.807, 2.05) is 18.3 Å². The van der Waals surface area contributed by atoms with Crippen molar-refractivity contribution in [2.45, 2.75) is 76.3 Å². The molecule has 0 aromatic carbocycles. The topological polar surface area (TPSA) is 95.3 Å². The summed E-state index contributed by atoms with van der Waals surface area (Å²) in [5.41, 5.74) is 3.90. The van der Waals surface area contributed by atoms with Crippen molar-refractivity contribution in [1.29, 1.82) is 0 Å². The Kier molecular flexibility index (Phi) is 7.37.